The van der Waals surface area contributed by atoms with Crippen molar-refractivity contribution in [2.45, 2.75) is 26.4 Å². The number of aromatic nitrogens is 1. The van der Waals surface area contributed by atoms with Crippen LogP contribution in [0.2, 0.25) is 0 Å². The highest BCUT2D eigenvalue weighted by molar-refractivity contribution is 5.12. The molecule has 20 heavy (non-hydrogen) atoms. The molecule has 4 heteroatoms. The van der Waals surface area contributed by atoms with Crippen molar-refractivity contribution in [3.8, 4) is 0 Å². The molecular formula is C16H23N3O. The van der Waals surface area contributed by atoms with E-state index in [2.05, 4.69) is 41.3 Å². The standard InChI is InChI=1S/C16H23N3O/c1-3-17-11-14-10-16(20-13-14)12-19(2)9-7-15-6-4-5-8-18-15/h4-6,8,10,13,17H,3,7,9,11-12H2,1-2H3. The lowest BCUT2D eigenvalue weighted by atomic mass is 10.2. The fraction of sp³-hybridized carbons (Fsp3) is 0.438. The van der Waals surface area contributed by atoms with Crippen LogP contribution in [0.1, 0.15) is 23.9 Å². The lowest BCUT2D eigenvalue weighted by Crippen LogP contribution is -2.20. The molecule has 0 fully saturated rings. The molecule has 0 aliphatic rings. The smallest absolute Gasteiger partial charge is 0.118 e. The van der Waals surface area contributed by atoms with Crippen LogP contribution in [0.25, 0.3) is 0 Å². The summed E-state index contributed by atoms with van der Waals surface area (Å²) in [6.07, 6.45) is 4.64. The molecule has 0 aromatic carbocycles. The van der Waals surface area contributed by atoms with Gasteiger partial charge in [0.25, 0.3) is 0 Å². The van der Waals surface area contributed by atoms with E-state index in [4.69, 9.17) is 4.42 Å². The highest BCUT2D eigenvalue weighted by Crippen LogP contribution is 2.10. The van der Waals surface area contributed by atoms with Crippen molar-refractivity contribution < 1.29 is 4.42 Å². The van der Waals surface area contributed by atoms with Gasteiger partial charge >= 0.3 is 0 Å². The molecule has 0 aliphatic carbocycles. The number of hydrogen-bond acceptors (Lipinski definition) is 4. The largest absolute Gasteiger partial charge is 0.468 e. The molecule has 108 valence electrons. The third-order valence-electron chi connectivity index (χ3n) is 3.19. The number of hydrogen-bond donors (Lipinski definition) is 1. The van der Waals surface area contributed by atoms with Crippen LogP contribution >= 0.6 is 0 Å². The normalized spacial score (nSPS) is 11.2. The maximum Gasteiger partial charge on any atom is 0.118 e. The third kappa shape index (κ3) is 4.79. The number of furan rings is 1. The summed E-state index contributed by atoms with van der Waals surface area (Å²) in [6.45, 7) is 5.76. The number of pyridine rings is 1. The van der Waals surface area contributed by atoms with E-state index in [0.29, 0.717) is 0 Å². The Labute approximate surface area is 120 Å². The van der Waals surface area contributed by atoms with Crippen LogP contribution in [-0.2, 0) is 19.5 Å². The second kappa shape index (κ2) is 7.82. The summed E-state index contributed by atoms with van der Waals surface area (Å²) in [5.41, 5.74) is 2.34. The van der Waals surface area contributed by atoms with Crippen LogP contribution in [0.5, 0.6) is 0 Å². The van der Waals surface area contributed by atoms with E-state index < -0.39 is 0 Å². The summed E-state index contributed by atoms with van der Waals surface area (Å²) in [5.74, 6) is 1.02. The Morgan fingerprint density at radius 3 is 3.00 bits per heavy atom. The Bertz CT molecular complexity index is 495. The topological polar surface area (TPSA) is 41.3 Å². The minimum atomic E-state index is 0.832. The number of likely N-dealkylation sites (N-methyl/N-ethyl adjacent to an activating group) is 1. The minimum absolute atomic E-state index is 0.832. The molecule has 0 amide bonds. The van der Waals surface area contributed by atoms with Crippen LogP contribution in [-0.4, -0.2) is 30.0 Å². The highest BCUT2D eigenvalue weighted by atomic mass is 16.3. The van der Waals surface area contributed by atoms with Crippen molar-refractivity contribution in [3.63, 3.8) is 0 Å². The molecule has 0 saturated carbocycles. The van der Waals surface area contributed by atoms with Crippen molar-refractivity contribution in [2.75, 3.05) is 20.1 Å². The first kappa shape index (κ1) is 14.8. The van der Waals surface area contributed by atoms with Gasteiger partial charge in [-0.25, -0.2) is 0 Å². The van der Waals surface area contributed by atoms with Gasteiger partial charge in [-0.15, -0.1) is 0 Å². The van der Waals surface area contributed by atoms with Gasteiger partial charge in [0.1, 0.15) is 5.76 Å². The third-order valence-corrected chi connectivity index (χ3v) is 3.19. The Hall–Kier alpha value is -1.65. The molecule has 0 unspecified atom stereocenters. The van der Waals surface area contributed by atoms with Gasteiger partial charge in [0, 0.05) is 37.0 Å². The number of rotatable bonds is 8. The van der Waals surface area contributed by atoms with Gasteiger partial charge in [-0.2, -0.15) is 0 Å². The van der Waals surface area contributed by atoms with Gasteiger partial charge in [0.05, 0.1) is 12.8 Å². The fourth-order valence-corrected chi connectivity index (χ4v) is 2.07. The van der Waals surface area contributed by atoms with Gasteiger partial charge in [-0.3, -0.25) is 9.88 Å². The van der Waals surface area contributed by atoms with E-state index in [1.165, 1.54) is 5.56 Å². The molecule has 4 nitrogen and oxygen atoms in total. The average Bonchev–Trinajstić information content (AvgIpc) is 2.91. The van der Waals surface area contributed by atoms with Crippen LogP contribution < -0.4 is 5.32 Å². The Morgan fingerprint density at radius 1 is 1.35 bits per heavy atom. The number of nitrogens with one attached hydrogen (secondary N) is 1. The quantitative estimate of drug-likeness (QED) is 0.802. The summed E-state index contributed by atoms with van der Waals surface area (Å²) in [6, 6.07) is 8.17. The van der Waals surface area contributed by atoms with Crippen LogP contribution in [0.3, 0.4) is 0 Å². The molecule has 2 aromatic rings. The molecule has 0 saturated heterocycles. The van der Waals surface area contributed by atoms with Gasteiger partial charge in [0.15, 0.2) is 0 Å². The predicted molar refractivity (Wildman–Crippen MR) is 80.4 cm³/mol. The van der Waals surface area contributed by atoms with Gasteiger partial charge in [-0.05, 0) is 31.8 Å². The van der Waals surface area contributed by atoms with Crippen LogP contribution in [0.4, 0.5) is 0 Å². The monoisotopic (exact) mass is 273 g/mol. The fourth-order valence-electron chi connectivity index (χ4n) is 2.07. The SMILES string of the molecule is CCNCc1coc(CN(C)CCc2ccccn2)c1. The van der Waals surface area contributed by atoms with Crippen molar-refractivity contribution in [3.05, 3.63) is 53.7 Å². The zero-order valence-corrected chi connectivity index (χ0v) is 12.3. The maximum atomic E-state index is 5.59. The summed E-state index contributed by atoms with van der Waals surface area (Å²) in [7, 11) is 2.11. The summed E-state index contributed by atoms with van der Waals surface area (Å²) in [4.78, 5) is 6.59. The highest BCUT2D eigenvalue weighted by Gasteiger charge is 2.06. The maximum absolute atomic E-state index is 5.59. The molecule has 0 spiro atoms. The molecular weight excluding hydrogens is 250 g/mol. The molecule has 2 rings (SSSR count). The zero-order chi connectivity index (χ0) is 14.2. The molecule has 1 N–H and O–H groups in total. The molecule has 2 aromatic heterocycles. The van der Waals surface area contributed by atoms with Crippen LogP contribution in [0.15, 0.2) is 41.1 Å². The summed E-state index contributed by atoms with van der Waals surface area (Å²) >= 11 is 0. The second-order valence-corrected chi connectivity index (χ2v) is 5.01. The lowest BCUT2D eigenvalue weighted by molar-refractivity contribution is 0.297. The van der Waals surface area contributed by atoms with Crippen molar-refractivity contribution in [2.24, 2.45) is 0 Å². The lowest BCUT2D eigenvalue weighted by Gasteiger charge is -2.14. The Morgan fingerprint density at radius 2 is 2.25 bits per heavy atom. The second-order valence-electron chi connectivity index (χ2n) is 5.01. The van der Waals surface area contributed by atoms with E-state index in [-0.39, 0.29) is 0 Å². The zero-order valence-electron chi connectivity index (χ0n) is 12.3. The van der Waals surface area contributed by atoms with Crippen LogP contribution in [0, 0.1) is 0 Å². The van der Waals surface area contributed by atoms with Crippen molar-refractivity contribution >= 4 is 0 Å². The van der Waals surface area contributed by atoms with Gasteiger partial charge in [-0.1, -0.05) is 13.0 Å². The average molecular weight is 273 g/mol. The first-order valence-electron chi connectivity index (χ1n) is 7.13. The van der Waals surface area contributed by atoms with E-state index in [1.807, 2.05) is 24.6 Å². The molecule has 0 radical (unpaired) electrons. The predicted octanol–water partition coefficient (Wildman–Crippen LogP) is 2.46. The molecule has 2 heterocycles. The first-order valence-corrected chi connectivity index (χ1v) is 7.13. The number of nitrogens with zero attached hydrogens (tertiary/aromatic N) is 2. The Balaban J connectivity index is 1.76. The van der Waals surface area contributed by atoms with Crippen molar-refractivity contribution in [1.29, 1.82) is 0 Å². The first-order chi connectivity index (χ1) is 9.78. The molecule has 0 atom stereocenters. The summed E-state index contributed by atoms with van der Waals surface area (Å²) < 4.78 is 5.59. The Kier molecular flexibility index (Phi) is 5.77. The van der Waals surface area contributed by atoms with E-state index in [1.54, 1.807) is 0 Å². The van der Waals surface area contributed by atoms with Gasteiger partial charge < -0.3 is 9.73 Å². The molecule has 0 bridgehead atoms. The molecule has 0 aliphatic heterocycles. The van der Waals surface area contributed by atoms with E-state index in [9.17, 15) is 0 Å². The summed E-state index contributed by atoms with van der Waals surface area (Å²) in [5, 5.41) is 3.30. The minimum Gasteiger partial charge on any atom is -0.468 e. The van der Waals surface area contributed by atoms with E-state index >= 15 is 0 Å². The van der Waals surface area contributed by atoms with E-state index in [0.717, 1.165) is 44.1 Å². The van der Waals surface area contributed by atoms with Gasteiger partial charge in [0.2, 0.25) is 0 Å². The van der Waals surface area contributed by atoms with Crippen molar-refractivity contribution in [1.82, 2.24) is 15.2 Å².